The van der Waals surface area contributed by atoms with E-state index in [1.165, 1.54) is 0 Å². The number of hydrogen-bond acceptors (Lipinski definition) is 4. The molecule has 2 aromatic rings. The number of amides is 1. The summed E-state index contributed by atoms with van der Waals surface area (Å²) in [6, 6.07) is 3.55. The lowest BCUT2D eigenvalue weighted by Gasteiger charge is -2.04. The maximum atomic E-state index is 12.1. The van der Waals surface area contributed by atoms with Gasteiger partial charge in [-0.1, -0.05) is 13.8 Å². The Labute approximate surface area is 111 Å². The van der Waals surface area contributed by atoms with E-state index in [1.54, 1.807) is 19.9 Å². The molecule has 0 unspecified atom stereocenters. The van der Waals surface area contributed by atoms with Gasteiger partial charge in [-0.15, -0.1) is 0 Å². The highest BCUT2D eigenvalue weighted by atomic mass is 16.1. The van der Waals surface area contributed by atoms with Crippen molar-refractivity contribution in [3.8, 4) is 0 Å². The summed E-state index contributed by atoms with van der Waals surface area (Å²) in [5.74, 6) is 0.629. The molecular weight excluding hydrogens is 242 g/mol. The van der Waals surface area contributed by atoms with Crippen LogP contribution in [0.1, 0.15) is 47.2 Å². The van der Waals surface area contributed by atoms with Crippen LogP contribution in [0.3, 0.4) is 0 Å². The fourth-order valence-corrected chi connectivity index (χ4v) is 1.66. The van der Waals surface area contributed by atoms with Crippen LogP contribution >= 0.6 is 0 Å². The lowest BCUT2D eigenvalue weighted by Crippen LogP contribution is -2.15. The second-order valence-corrected chi connectivity index (χ2v) is 4.80. The summed E-state index contributed by atoms with van der Waals surface area (Å²) in [5, 5.41) is 17.5. The molecule has 0 atom stereocenters. The van der Waals surface area contributed by atoms with Gasteiger partial charge in [-0.25, -0.2) is 0 Å². The van der Waals surface area contributed by atoms with E-state index >= 15 is 0 Å². The number of rotatable bonds is 3. The molecule has 2 aromatic heterocycles. The monoisotopic (exact) mass is 259 g/mol. The van der Waals surface area contributed by atoms with E-state index in [1.807, 2.05) is 6.07 Å². The minimum absolute atomic E-state index is 0.225. The fourth-order valence-electron chi connectivity index (χ4n) is 1.66. The summed E-state index contributed by atoms with van der Waals surface area (Å²) < 4.78 is 0. The molecule has 2 N–H and O–H groups in total. The summed E-state index contributed by atoms with van der Waals surface area (Å²) in [6.45, 7) is 7.67. The van der Waals surface area contributed by atoms with E-state index in [0.29, 0.717) is 28.7 Å². The molecule has 0 bridgehead atoms. The molecule has 6 nitrogen and oxygen atoms in total. The SMILES string of the molecule is Cc1cc(C(=O)Nc2cc(C(C)C)[nH]n2)c(C)nn1. The highest BCUT2D eigenvalue weighted by molar-refractivity contribution is 6.04. The van der Waals surface area contributed by atoms with Crippen molar-refractivity contribution in [1.29, 1.82) is 0 Å². The number of aromatic nitrogens is 4. The fraction of sp³-hybridized carbons (Fsp3) is 0.385. The zero-order chi connectivity index (χ0) is 14.0. The van der Waals surface area contributed by atoms with E-state index in [0.717, 1.165) is 5.69 Å². The molecule has 0 fully saturated rings. The van der Waals surface area contributed by atoms with E-state index in [4.69, 9.17) is 0 Å². The number of aryl methyl sites for hydroxylation is 2. The van der Waals surface area contributed by atoms with Gasteiger partial charge in [0.05, 0.1) is 17.0 Å². The first kappa shape index (κ1) is 13.2. The number of nitrogens with one attached hydrogen (secondary N) is 2. The van der Waals surface area contributed by atoms with Crippen LogP contribution in [0.15, 0.2) is 12.1 Å². The third-order valence-corrected chi connectivity index (χ3v) is 2.81. The van der Waals surface area contributed by atoms with Gasteiger partial charge < -0.3 is 5.32 Å². The van der Waals surface area contributed by atoms with Gasteiger partial charge in [0.2, 0.25) is 0 Å². The predicted octanol–water partition coefficient (Wildman–Crippen LogP) is 2.19. The second-order valence-electron chi connectivity index (χ2n) is 4.80. The molecule has 0 radical (unpaired) electrons. The van der Waals surface area contributed by atoms with Crippen molar-refractivity contribution >= 4 is 11.7 Å². The first-order valence-corrected chi connectivity index (χ1v) is 6.15. The van der Waals surface area contributed by atoms with Crippen LogP contribution in [0.2, 0.25) is 0 Å². The van der Waals surface area contributed by atoms with Gasteiger partial charge in [0, 0.05) is 11.8 Å². The summed E-state index contributed by atoms with van der Waals surface area (Å²) in [6.07, 6.45) is 0. The lowest BCUT2D eigenvalue weighted by atomic mass is 10.1. The lowest BCUT2D eigenvalue weighted by molar-refractivity contribution is 0.102. The minimum Gasteiger partial charge on any atom is -0.305 e. The molecule has 0 aliphatic heterocycles. The number of carbonyl (C=O) groups excluding carboxylic acids is 1. The van der Waals surface area contributed by atoms with Gasteiger partial charge in [0.15, 0.2) is 5.82 Å². The molecule has 1 amide bonds. The van der Waals surface area contributed by atoms with Crippen molar-refractivity contribution in [3.05, 3.63) is 34.8 Å². The Hall–Kier alpha value is -2.24. The van der Waals surface area contributed by atoms with E-state index < -0.39 is 0 Å². The Morgan fingerprint density at radius 1 is 1.26 bits per heavy atom. The van der Waals surface area contributed by atoms with Crippen LogP contribution in [-0.4, -0.2) is 26.3 Å². The Morgan fingerprint density at radius 3 is 2.63 bits per heavy atom. The Bertz CT molecular complexity index is 603. The number of aromatic amines is 1. The molecule has 0 spiro atoms. The molecule has 2 heterocycles. The maximum Gasteiger partial charge on any atom is 0.258 e. The predicted molar refractivity (Wildman–Crippen MR) is 72.1 cm³/mol. The van der Waals surface area contributed by atoms with Gasteiger partial charge in [-0.05, 0) is 25.8 Å². The minimum atomic E-state index is -0.225. The number of hydrogen-bond donors (Lipinski definition) is 2. The van der Waals surface area contributed by atoms with E-state index in [-0.39, 0.29) is 5.91 Å². The van der Waals surface area contributed by atoms with Crippen LogP contribution in [0.5, 0.6) is 0 Å². The van der Waals surface area contributed by atoms with Gasteiger partial charge >= 0.3 is 0 Å². The summed E-state index contributed by atoms with van der Waals surface area (Å²) in [5.41, 5.74) is 2.81. The quantitative estimate of drug-likeness (QED) is 0.885. The summed E-state index contributed by atoms with van der Waals surface area (Å²) in [7, 11) is 0. The van der Waals surface area contributed by atoms with Crippen molar-refractivity contribution in [2.75, 3.05) is 5.32 Å². The van der Waals surface area contributed by atoms with Gasteiger partial charge in [-0.3, -0.25) is 9.89 Å². The molecule has 0 saturated heterocycles. The maximum absolute atomic E-state index is 12.1. The largest absolute Gasteiger partial charge is 0.305 e. The summed E-state index contributed by atoms with van der Waals surface area (Å²) >= 11 is 0. The molecule has 6 heteroatoms. The van der Waals surface area contributed by atoms with Crippen LogP contribution in [0.25, 0.3) is 0 Å². The van der Waals surface area contributed by atoms with Crippen molar-refractivity contribution in [3.63, 3.8) is 0 Å². The second kappa shape index (κ2) is 5.17. The van der Waals surface area contributed by atoms with Gasteiger partial charge in [0.1, 0.15) is 0 Å². The molecule has 0 aliphatic carbocycles. The van der Waals surface area contributed by atoms with Crippen molar-refractivity contribution in [2.24, 2.45) is 0 Å². The third-order valence-electron chi connectivity index (χ3n) is 2.81. The van der Waals surface area contributed by atoms with E-state index in [9.17, 15) is 4.79 Å². The smallest absolute Gasteiger partial charge is 0.258 e. The number of anilines is 1. The molecule has 0 saturated carbocycles. The molecule has 0 aromatic carbocycles. The van der Waals surface area contributed by atoms with Crippen molar-refractivity contribution in [2.45, 2.75) is 33.6 Å². The first-order valence-electron chi connectivity index (χ1n) is 6.15. The van der Waals surface area contributed by atoms with Crippen LogP contribution < -0.4 is 5.32 Å². The molecule has 0 aliphatic rings. The average Bonchev–Trinajstić information content (AvgIpc) is 2.80. The number of carbonyl (C=O) groups is 1. The highest BCUT2D eigenvalue weighted by Crippen LogP contribution is 2.16. The Morgan fingerprint density at radius 2 is 2.00 bits per heavy atom. The highest BCUT2D eigenvalue weighted by Gasteiger charge is 2.13. The zero-order valence-electron chi connectivity index (χ0n) is 11.5. The Kier molecular flexibility index (Phi) is 3.59. The van der Waals surface area contributed by atoms with Crippen LogP contribution in [-0.2, 0) is 0 Å². The topological polar surface area (TPSA) is 83.6 Å². The third kappa shape index (κ3) is 2.96. The van der Waals surface area contributed by atoms with Crippen molar-refractivity contribution in [1.82, 2.24) is 20.4 Å². The first-order chi connectivity index (χ1) is 8.97. The number of H-pyrrole nitrogens is 1. The molecular formula is C13H17N5O. The normalized spacial score (nSPS) is 10.8. The zero-order valence-corrected chi connectivity index (χ0v) is 11.5. The molecule has 100 valence electrons. The van der Waals surface area contributed by atoms with Crippen LogP contribution in [0, 0.1) is 13.8 Å². The van der Waals surface area contributed by atoms with Crippen LogP contribution in [0.4, 0.5) is 5.82 Å². The number of nitrogens with zero attached hydrogens (tertiary/aromatic N) is 3. The standard InChI is InChI=1S/C13H17N5O/c1-7(2)11-6-12(18-17-11)14-13(19)10-5-8(3)15-16-9(10)4/h5-7H,1-4H3,(H2,14,17,18,19). The van der Waals surface area contributed by atoms with Crippen molar-refractivity contribution < 1.29 is 4.79 Å². The summed E-state index contributed by atoms with van der Waals surface area (Å²) in [4.78, 5) is 12.1. The average molecular weight is 259 g/mol. The molecule has 19 heavy (non-hydrogen) atoms. The van der Waals surface area contributed by atoms with E-state index in [2.05, 4.69) is 39.6 Å². The Balaban J connectivity index is 2.18. The van der Waals surface area contributed by atoms with Gasteiger partial charge in [-0.2, -0.15) is 15.3 Å². The molecule has 2 rings (SSSR count). The van der Waals surface area contributed by atoms with Gasteiger partial charge in [0.25, 0.3) is 5.91 Å².